The SMILES string of the molecule is CCCNc1ccc(SC(C)(C)C)cn1. The number of rotatable bonds is 4. The Morgan fingerprint density at radius 3 is 2.53 bits per heavy atom. The van der Waals surface area contributed by atoms with E-state index in [9.17, 15) is 0 Å². The lowest BCUT2D eigenvalue weighted by atomic mass is 10.3. The van der Waals surface area contributed by atoms with Crippen molar-refractivity contribution >= 4 is 17.6 Å². The summed E-state index contributed by atoms with van der Waals surface area (Å²) in [7, 11) is 0. The Balaban J connectivity index is 2.56. The number of aromatic nitrogens is 1. The van der Waals surface area contributed by atoms with E-state index >= 15 is 0 Å². The number of thioether (sulfide) groups is 1. The van der Waals surface area contributed by atoms with Crippen molar-refractivity contribution in [3.05, 3.63) is 18.3 Å². The zero-order valence-electron chi connectivity index (χ0n) is 10.0. The Bertz CT molecular complexity index is 287. The van der Waals surface area contributed by atoms with E-state index in [1.807, 2.05) is 24.0 Å². The van der Waals surface area contributed by atoms with Gasteiger partial charge in [0, 0.05) is 22.4 Å². The largest absolute Gasteiger partial charge is 0.370 e. The van der Waals surface area contributed by atoms with Crippen LogP contribution in [0, 0.1) is 0 Å². The molecule has 1 heterocycles. The van der Waals surface area contributed by atoms with Crippen molar-refractivity contribution in [3.8, 4) is 0 Å². The molecule has 1 rings (SSSR count). The number of anilines is 1. The van der Waals surface area contributed by atoms with Crippen LogP contribution in [-0.4, -0.2) is 16.3 Å². The molecule has 84 valence electrons. The van der Waals surface area contributed by atoms with Gasteiger partial charge in [0.25, 0.3) is 0 Å². The third-order valence-corrected chi connectivity index (χ3v) is 2.81. The number of pyridine rings is 1. The fourth-order valence-corrected chi connectivity index (χ4v) is 2.10. The van der Waals surface area contributed by atoms with Gasteiger partial charge in [-0.2, -0.15) is 0 Å². The first-order chi connectivity index (χ1) is 7.01. The summed E-state index contributed by atoms with van der Waals surface area (Å²) in [4.78, 5) is 5.59. The van der Waals surface area contributed by atoms with E-state index in [4.69, 9.17) is 0 Å². The molecule has 2 nitrogen and oxygen atoms in total. The number of hydrogen-bond acceptors (Lipinski definition) is 3. The molecular weight excluding hydrogens is 204 g/mol. The second kappa shape index (κ2) is 5.40. The summed E-state index contributed by atoms with van der Waals surface area (Å²) < 4.78 is 0.250. The van der Waals surface area contributed by atoms with Gasteiger partial charge >= 0.3 is 0 Å². The van der Waals surface area contributed by atoms with E-state index in [0.717, 1.165) is 18.8 Å². The van der Waals surface area contributed by atoms with E-state index < -0.39 is 0 Å². The highest BCUT2D eigenvalue weighted by Gasteiger charge is 2.11. The van der Waals surface area contributed by atoms with Crippen molar-refractivity contribution in [1.29, 1.82) is 0 Å². The molecule has 3 heteroatoms. The highest BCUT2D eigenvalue weighted by atomic mass is 32.2. The van der Waals surface area contributed by atoms with Crippen LogP contribution in [0.2, 0.25) is 0 Å². The van der Waals surface area contributed by atoms with Gasteiger partial charge in [0.2, 0.25) is 0 Å². The molecule has 1 aromatic heterocycles. The molecule has 0 spiro atoms. The van der Waals surface area contributed by atoms with Gasteiger partial charge in [0.1, 0.15) is 5.82 Å². The number of hydrogen-bond donors (Lipinski definition) is 1. The van der Waals surface area contributed by atoms with E-state index in [-0.39, 0.29) is 4.75 Å². The molecule has 0 radical (unpaired) electrons. The molecule has 0 amide bonds. The van der Waals surface area contributed by atoms with Gasteiger partial charge in [-0.15, -0.1) is 11.8 Å². The lowest BCUT2D eigenvalue weighted by Gasteiger charge is -2.17. The average Bonchev–Trinajstić information content (AvgIpc) is 2.14. The Kier molecular flexibility index (Phi) is 4.45. The molecule has 0 aliphatic carbocycles. The second-order valence-corrected chi connectivity index (χ2v) is 6.42. The van der Waals surface area contributed by atoms with Crippen molar-refractivity contribution < 1.29 is 0 Å². The van der Waals surface area contributed by atoms with Gasteiger partial charge in [-0.1, -0.05) is 27.7 Å². The fourth-order valence-electron chi connectivity index (χ4n) is 1.15. The van der Waals surface area contributed by atoms with Crippen molar-refractivity contribution in [3.63, 3.8) is 0 Å². The zero-order chi connectivity index (χ0) is 11.3. The summed E-state index contributed by atoms with van der Waals surface area (Å²) in [5.74, 6) is 0.968. The lowest BCUT2D eigenvalue weighted by molar-refractivity contribution is 0.802. The monoisotopic (exact) mass is 224 g/mol. The highest BCUT2D eigenvalue weighted by molar-refractivity contribution is 8.00. The van der Waals surface area contributed by atoms with Gasteiger partial charge in [-0.3, -0.25) is 0 Å². The Morgan fingerprint density at radius 2 is 2.07 bits per heavy atom. The maximum atomic E-state index is 4.37. The van der Waals surface area contributed by atoms with E-state index in [1.54, 1.807) is 0 Å². The standard InChI is InChI=1S/C12H20N2S/c1-5-8-13-11-7-6-10(9-14-11)15-12(2,3)4/h6-7,9H,5,8H2,1-4H3,(H,13,14). The van der Waals surface area contributed by atoms with Crippen molar-refractivity contribution in [2.24, 2.45) is 0 Å². The maximum absolute atomic E-state index is 4.37. The molecular formula is C12H20N2S. The summed E-state index contributed by atoms with van der Waals surface area (Å²) in [5, 5.41) is 3.26. The van der Waals surface area contributed by atoms with Crippen molar-refractivity contribution in [2.45, 2.75) is 43.8 Å². The van der Waals surface area contributed by atoms with Crippen LogP contribution in [0.1, 0.15) is 34.1 Å². The molecule has 0 aliphatic rings. The van der Waals surface area contributed by atoms with E-state index in [1.165, 1.54) is 4.90 Å². The zero-order valence-corrected chi connectivity index (χ0v) is 10.8. The summed E-state index contributed by atoms with van der Waals surface area (Å²) in [5.41, 5.74) is 0. The molecule has 0 fully saturated rings. The second-order valence-electron chi connectivity index (χ2n) is 4.52. The first kappa shape index (κ1) is 12.4. The molecule has 0 saturated carbocycles. The molecule has 0 saturated heterocycles. The molecule has 0 aromatic carbocycles. The summed E-state index contributed by atoms with van der Waals surface area (Å²) in [6.45, 7) is 9.76. The Labute approximate surface area is 96.9 Å². The fraction of sp³-hybridized carbons (Fsp3) is 0.583. The minimum atomic E-state index is 0.250. The third-order valence-electron chi connectivity index (χ3n) is 1.72. The summed E-state index contributed by atoms with van der Waals surface area (Å²) in [6.07, 6.45) is 3.06. The predicted octanol–water partition coefficient (Wildman–Crippen LogP) is 3.79. The van der Waals surface area contributed by atoms with Crippen LogP contribution in [0.4, 0.5) is 5.82 Å². The first-order valence-electron chi connectivity index (χ1n) is 5.40. The minimum absolute atomic E-state index is 0.250. The summed E-state index contributed by atoms with van der Waals surface area (Å²) in [6, 6.07) is 4.17. The van der Waals surface area contributed by atoms with Crippen LogP contribution in [0.3, 0.4) is 0 Å². The third kappa shape index (κ3) is 5.07. The van der Waals surface area contributed by atoms with Gasteiger partial charge in [0.05, 0.1) is 0 Å². The van der Waals surface area contributed by atoms with Gasteiger partial charge in [-0.05, 0) is 18.6 Å². The first-order valence-corrected chi connectivity index (χ1v) is 6.22. The van der Waals surface area contributed by atoms with Gasteiger partial charge in [0.15, 0.2) is 0 Å². The van der Waals surface area contributed by atoms with Gasteiger partial charge < -0.3 is 5.32 Å². The predicted molar refractivity (Wildman–Crippen MR) is 68.6 cm³/mol. The van der Waals surface area contributed by atoms with Crippen molar-refractivity contribution in [2.75, 3.05) is 11.9 Å². The average molecular weight is 224 g/mol. The smallest absolute Gasteiger partial charge is 0.125 e. The van der Waals surface area contributed by atoms with Crippen LogP contribution in [0.5, 0.6) is 0 Å². The Hall–Kier alpha value is -0.700. The van der Waals surface area contributed by atoms with E-state index in [2.05, 4.69) is 44.1 Å². The lowest BCUT2D eigenvalue weighted by Crippen LogP contribution is -2.07. The quantitative estimate of drug-likeness (QED) is 0.788. The molecule has 15 heavy (non-hydrogen) atoms. The van der Waals surface area contributed by atoms with Gasteiger partial charge in [-0.25, -0.2) is 4.98 Å². The molecule has 0 unspecified atom stereocenters. The van der Waals surface area contributed by atoms with Crippen LogP contribution in [0.25, 0.3) is 0 Å². The maximum Gasteiger partial charge on any atom is 0.125 e. The molecule has 0 aliphatic heterocycles. The van der Waals surface area contributed by atoms with Crippen LogP contribution >= 0.6 is 11.8 Å². The topological polar surface area (TPSA) is 24.9 Å². The Morgan fingerprint density at radius 1 is 1.33 bits per heavy atom. The van der Waals surface area contributed by atoms with Crippen LogP contribution in [-0.2, 0) is 0 Å². The normalized spacial score (nSPS) is 11.5. The van der Waals surface area contributed by atoms with Crippen LogP contribution in [0.15, 0.2) is 23.2 Å². The van der Waals surface area contributed by atoms with Crippen molar-refractivity contribution in [1.82, 2.24) is 4.98 Å². The molecule has 0 bridgehead atoms. The molecule has 1 N–H and O–H groups in total. The van der Waals surface area contributed by atoms with E-state index in [0.29, 0.717) is 0 Å². The minimum Gasteiger partial charge on any atom is -0.370 e. The van der Waals surface area contributed by atoms with Crippen LogP contribution < -0.4 is 5.32 Å². The molecule has 0 atom stereocenters. The number of nitrogens with zero attached hydrogens (tertiary/aromatic N) is 1. The summed E-state index contributed by atoms with van der Waals surface area (Å²) >= 11 is 1.84. The number of nitrogens with one attached hydrogen (secondary N) is 1. The molecule has 1 aromatic rings. The highest BCUT2D eigenvalue weighted by Crippen LogP contribution is 2.31.